The van der Waals surface area contributed by atoms with Gasteiger partial charge in [0.1, 0.15) is 11.1 Å². The molecule has 1 aliphatic carbocycles. The van der Waals surface area contributed by atoms with Gasteiger partial charge in [-0.05, 0) is 50.0 Å². The van der Waals surface area contributed by atoms with Crippen LogP contribution < -0.4 is 5.32 Å². The molecule has 8 heteroatoms. The minimum Gasteiger partial charge on any atom is -0.342 e. The second-order valence-corrected chi connectivity index (χ2v) is 10.6. The smallest absolute Gasteiger partial charge is 0.236 e. The Balaban J connectivity index is 1.20. The summed E-state index contributed by atoms with van der Waals surface area (Å²) < 4.78 is 0. The van der Waals surface area contributed by atoms with E-state index < -0.39 is 0 Å². The second kappa shape index (κ2) is 10.8. The highest BCUT2D eigenvalue weighted by atomic mass is 32.1. The molecule has 2 saturated heterocycles. The van der Waals surface area contributed by atoms with Gasteiger partial charge >= 0.3 is 0 Å². The van der Waals surface area contributed by atoms with Gasteiger partial charge < -0.3 is 15.1 Å². The highest BCUT2D eigenvalue weighted by Crippen LogP contribution is 2.39. The summed E-state index contributed by atoms with van der Waals surface area (Å²) in [5.74, 6) is 0.889. The van der Waals surface area contributed by atoms with Crippen molar-refractivity contribution >= 4 is 28.2 Å². The van der Waals surface area contributed by atoms with E-state index in [-0.39, 0.29) is 11.8 Å². The van der Waals surface area contributed by atoms with E-state index in [0.29, 0.717) is 31.0 Å². The van der Waals surface area contributed by atoms with Gasteiger partial charge in [-0.15, -0.1) is 11.3 Å². The molecule has 1 atom stereocenters. The van der Waals surface area contributed by atoms with E-state index in [9.17, 15) is 14.9 Å². The number of nitrogens with zero attached hydrogens (tertiary/aromatic N) is 4. The molecule has 0 aromatic carbocycles. The van der Waals surface area contributed by atoms with E-state index in [4.69, 9.17) is 0 Å². The van der Waals surface area contributed by atoms with Crippen LogP contribution in [0.25, 0.3) is 0 Å². The molecule has 1 N–H and O–H groups in total. The number of nitrogens with one attached hydrogen (secondary N) is 1. The van der Waals surface area contributed by atoms with Crippen molar-refractivity contribution < 1.29 is 9.59 Å². The number of fused-ring (bicyclic) bond motifs is 1. The van der Waals surface area contributed by atoms with Crippen molar-refractivity contribution in [2.45, 2.75) is 51.9 Å². The first-order valence-electron chi connectivity index (χ1n) is 12.1. The first-order valence-corrected chi connectivity index (χ1v) is 12.9. The van der Waals surface area contributed by atoms with E-state index in [1.54, 1.807) is 11.3 Å². The molecule has 0 saturated carbocycles. The lowest BCUT2D eigenvalue weighted by Crippen LogP contribution is -2.51. The lowest BCUT2D eigenvalue weighted by Gasteiger charge is -2.36. The first kappa shape index (κ1) is 23.2. The lowest BCUT2D eigenvalue weighted by atomic mass is 9.89. The predicted octanol–water partition coefficient (Wildman–Crippen LogP) is 2.70. The van der Waals surface area contributed by atoms with Crippen molar-refractivity contribution in [3.8, 4) is 6.07 Å². The van der Waals surface area contributed by atoms with Crippen LogP contribution in [0.4, 0.5) is 5.00 Å². The molecule has 7 nitrogen and oxygen atoms in total. The number of carbonyl (C=O) groups is 2. The number of hydrogen-bond acceptors (Lipinski definition) is 6. The molecular weight excluding hydrogens is 422 g/mol. The molecule has 3 heterocycles. The zero-order valence-electron chi connectivity index (χ0n) is 19.2. The second-order valence-electron chi connectivity index (χ2n) is 9.53. The molecule has 2 amide bonds. The maximum absolute atomic E-state index is 12.6. The van der Waals surface area contributed by atoms with Gasteiger partial charge in [0.05, 0.1) is 12.1 Å². The summed E-state index contributed by atoms with van der Waals surface area (Å²) in [5.41, 5.74) is 1.83. The highest BCUT2D eigenvalue weighted by molar-refractivity contribution is 7.16. The van der Waals surface area contributed by atoms with Crippen molar-refractivity contribution in [3.05, 3.63) is 16.0 Å². The number of piperidine rings is 1. The van der Waals surface area contributed by atoms with Gasteiger partial charge in [-0.2, -0.15) is 5.26 Å². The highest BCUT2D eigenvalue weighted by Gasteiger charge is 2.26. The van der Waals surface area contributed by atoms with E-state index in [1.165, 1.54) is 11.3 Å². The van der Waals surface area contributed by atoms with E-state index >= 15 is 0 Å². The van der Waals surface area contributed by atoms with Crippen LogP contribution >= 0.6 is 11.3 Å². The fraction of sp³-hybridized carbons (Fsp3) is 0.708. The maximum atomic E-state index is 12.6. The largest absolute Gasteiger partial charge is 0.342 e. The molecule has 1 unspecified atom stereocenters. The van der Waals surface area contributed by atoms with Gasteiger partial charge in [0.15, 0.2) is 0 Å². The molecular formula is C24H35N5O2S. The third kappa shape index (κ3) is 5.69. The Kier molecular flexibility index (Phi) is 7.82. The number of likely N-dealkylation sites (tertiary alicyclic amines) is 1. The van der Waals surface area contributed by atoms with Gasteiger partial charge in [0, 0.05) is 57.1 Å². The van der Waals surface area contributed by atoms with Gasteiger partial charge in [-0.1, -0.05) is 6.92 Å². The van der Waals surface area contributed by atoms with Crippen LogP contribution in [-0.2, 0) is 22.4 Å². The average molecular weight is 458 g/mol. The van der Waals surface area contributed by atoms with Crippen LogP contribution in [0.15, 0.2) is 0 Å². The molecule has 2 fully saturated rings. The Morgan fingerprint density at radius 2 is 1.81 bits per heavy atom. The Labute approximate surface area is 195 Å². The Hall–Kier alpha value is -1.95. The minimum absolute atomic E-state index is 0.0177. The van der Waals surface area contributed by atoms with Crippen molar-refractivity contribution in [2.75, 3.05) is 57.7 Å². The quantitative estimate of drug-likeness (QED) is 0.711. The standard InChI is InChI=1S/C24H35N5O2S/c1-18-5-6-19-20(16-25)24(32-21(19)15-18)26-22(30)7-10-27-11-13-28(14-12-27)17-23(31)29-8-3-2-4-9-29/h18H,2-15,17H2,1H3,(H,26,30). The van der Waals surface area contributed by atoms with E-state index in [2.05, 4.69) is 28.1 Å². The maximum Gasteiger partial charge on any atom is 0.236 e. The predicted molar refractivity (Wildman–Crippen MR) is 127 cm³/mol. The number of amides is 2. The zero-order chi connectivity index (χ0) is 22.5. The van der Waals surface area contributed by atoms with Crippen molar-refractivity contribution in [1.82, 2.24) is 14.7 Å². The van der Waals surface area contributed by atoms with Crippen LogP contribution in [-0.4, -0.2) is 78.9 Å². The van der Waals surface area contributed by atoms with Crippen molar-refractivity contribution in [1.29, 1.82) is 5.26 Å². The van der Waals surface area contributed by atoms with Gasteiger partial charge in [0.2, 0.25) is 11.8 Å². The summed E-state index contributed by atoms with van der Waals surface area (Å²) >= 11 is 1.59. The monoisotopic (exact) mass is 457 g/mol. The van der Waals surface area contributed by atoms with Crippen LogP contribution in [0.3, 0.4) is 0 Å². The number of piperazine rings is 1. The van der Waals surface area contributed by atoms with Gasteiger partial charge in [0.25, 0.3) is 0 Å². The Bertz CT molecular complexity index is 862. The summed E-state index contributed by atoms with van der Waals surface area (Å²) in [4.78, 5) is 32.9. The summed E-state index contributed by atoms with van der Waals surface area (Å²) in [6.07, 6.45) is 6.99. The number of hydrogen-bond donors (Lipinski definition) is 1. The third-order valence-electron chi connectivity index (χ3n) is 7.06. The Morgan fingerprint density at radius 3 is 2.53 bits per heavy atom. The van der Waals surface area contributed by atoms with Gasteiger partial charge in [-0.25, -0.2) is 0 Å². The molecule has 2 aliphatic heterocycles. The topological polar surface area (TPSA) is 79.7 Å². The SMILES string of the molecule is CC1CCc2c(sc(NC(=O)CCN3CCN(CC(=O)N4CCCCC4)CC3)c2C#N)C1. The van der Waals surface area contributed by atoms with Crippen molar-refractivity contribution in [2.24, 2.45) is 5.92 Å². The van der Waals surface area contributed by atoms with Gasteiger partial charge in [-0.3, -0.25) is 14.5 Å². The first-order chi connectivity index (χ1) is 15.5. The normalized spacial score (nSPS) is 22.2. The Morgan fingerprint density at radius 1 is 1.09 bits per heavy atom. The summed E-state index contributed by atoms with van der Waals surface area (Å²) in [7, 11) is 0. The molecule has 0 bridgehead atoms. The fourth-order valence-corrected chi connectivity index (χ4v) is 6.39. The molecule has 1 aromatic rings. The average Bonchev–Trinajstić information content (AvgIpc) is 3.14. The van der Waals surface area contributed by atoms with Crippen molar-refractivity contribution in [3.63, 3.8) is 0 Å². The van der Waals surface area contributed by atoms with Crippen LogP contribution in [0.5, 0.6) is 0 Å². The number of thiophene rings is 1. The molecule has 1 aromatic heterocycles. The summed E-state index contributed by atoms with van der Waals surface area (Å²) in [6, 6.07) is 2.32. The molecule has 174 valence electrons. The van der Waals surface area contributed by atoms with Crippen LogP contribution in [0.2, 0.25) is 0 Å². The van der Waals surface area contributed by atoms with Crippen LogP contribution in [0.1, 0.15) is 55.0 Å². The molecule has 0 radical (unpaired) electrons. The third-order valence-corrected chi connectivity index (χ3v) is 8.23. The number of carbonyl (C=O) groups excluding carboxylic acids is 2. The summed E-state index contributed by atoms with van der Waals surface area (Å²) in [5, 5.41) is 13.4. The minimum atomic E-state index is -0.0177. The lowest BCUT2D eigenvalue weighted by molar-refractivity contribution is -0.133. The molecule has 3 aliphatic rings. The zero-order valence-corrected chi connectivity index (χ0v) is 20.0. The fourth-order valence-electron chi connectivity index (χ4n) is 5.01. The summed E-state index contributed by atoms with van der Waals surface area (Å²) in [6.45, 7) is 8.81. The molecule has 4 rings (SSSR count). The number of nitriles is 1. The number of anilines is 1. The van der Waals surface area contributed by atoms with E-state index in [1.807, 2.05) is 4.90 Å². The molecule has 32 heavy (non-hydrogen) atoms. The molecule has 0 spiro atoms. The number of rotatable bonds is 6. The van der Waals surface area contributed by atoms with Crippen LogP contribution in [0, 0.1) is 17.2 Å². The van der Waals surface area contributed by atoms with E-state index in [0.717, 1.165) is 81.9 Å².